The van der Waals surface area contributed by atoms with E-state index >= 15 is 0 Å². The van der Waals surface area contributed by atoms with Crippen molar-refractivity contribution in [2.45, 2.75) is 52.4 Å². The molecule has 0 bridgehead atoms. The Balaban J connectivity index is 1.49. The SMILES string of the molecule is CC1CN(C(C(=O)N2CC=C(c3c[nH]c4ccccc34)CC2)C(C)C)CC(C)O1. The van der Waals surface area contributed by atoms with Crippen molar-refractivity contribution in [3.05, 3.63) is 42.1 Å². The Morgan fingerprint density at radius 1 is 1.17 bits per heavy atom. The number of carbonyl (C=O) groups is 1. The molecule has 1 aromatic heterocycles. The lowest BCUT2D eigenvalue weighted by Gasteiger charge is -2.43. The Kier molecular flexibility index (Phi) is 5.79. The molecule has 3 unspecified atom stereocenters. The molecule has 0 radical (unpaired) electrons. The molecule has 0 saturated carbocycles. The van der Waals surface area contributed by atoms with Crippen molar-refractivity contribution in [3.63, 3.8) is 0 Å². The van der Waals surface area contributed by atoms with Gasteiger partial charge in [-0.3, -0.25) is 9.69 Å². The first-order chi connectivity index (χ1) is 13.9. The van der Waals surface area contributed by atoms with Crippen LogP contribution in [0.5, 0.6) is 0 Å². The van der Waals surface area contributed by atoms with Crippen LogP contribution in [0.25, 0.3) is 16.5 Å². The maximum Gasteiger partial charge on any atom is 0.240 e. The van der Waals surface area contributed by atoms with Gasteiger partial charge in [-0.15, -0.1) is 0 Å². The van der Waals surface area contributed by atoms with Crippen LogP contribution in [-0.2, 0) is 9.53 Å². The molecule has 2 aliphatic rings. The Morgan fingerprint density at radius 3 is 2.55 bits per heavy atom. The average molecular weight is 396 g/mol. The average Bonchev–Trinajstić information content (AvgIpc) is 3.11. The second-order valence-corrected chi connectivity index (χ2v) is 8.91. The summed E-state index contributed by atoms with van der Waals surface area (Å²) in [5.74, 6) is 0.537. The van der Waals surface area contributed by atoms with Crippen LogP contribution in [0.15, 0.2) is 36.5 Å². The summed E-state index contributed by atoms with van der Waals surface area (Å²) in [6.07, 6.45) is 5.57. The number of ether oxygens (including phenoxy) is 1. The molecule has 1 saturated heterocycles. The lowest BCUT2D eigenvalue weighted by Crippen LogP contribution is -2.58. The molecule has 5 nitrogen and oxygen atoms in total. The summed E-state index contributed by atoms with van der Waals surface area (Å²) >= 11 is 0. The minimum Gasteiger partial charge on any atom is -0.373 e. The smallest absolute Gasteiger partial charge is 0.240 e. The van der Waals surface area contributed by atoms with E-state index in [0.717, 1.165) is 31.6 Å². The highest BCUT2D eigenvalue weighted by Crippen LogP contribution is 2.30. The molecule has 4 rings (SSSR count). The molecule has 1 amide bonds. The molecule has 3 atom stereocenters. The summed E-state index contributed by atoms with van der Waals surface area (Å²) in [5.41, 5.74) is 3.77. The lowest BCUT2D eigenvalue weighted by molar-refractivity contribution is -0.145. The quantitative estimate of drug-likeness (QED) is 0.854. The van der Waals surface area contributed by atoms with E-state index in [0.29, 0.717) is 6.54 Å². The third-order valence-electron chi connectivity index (χ3n) is 6.18. The molecule has 3 heterocycles. The molecule has 2 aromatic rings. The van der Waals surface area contributed by atoms with Crippen molar-refractivity contribution in [1.82, 2.24) is 14.8 Å². The number of carbonyl (C=O) groups excluding carboxylic acids is 1. The fourth-order valence-corrected chi connectivity index (χ4v) is 4.95. The predicted octanol–water partition coefficient (Wildman–Crippen LogP) is 3.92. The summed E-state index contributed by atoms with van der Waals surface area (Å²) < 4.78 is 5.88. The first-order valence-electron chi connectivity index (χ1n) is 10.9. The minimum absolute atomic E-state index is 0.0770. The van der Waals surface area contributed by atoms with Gasteiger partial charge >= 0.3 is 0 Å². The summed E-state index contributed by atoms with van der Waals surface area (Å²) in [6, 6.07) is 8.32. The molecule has 1 N–H and O–H groups in total. The van der Waals surface area contributed by atoms with E-state index in [1.165, 1.54) is 16.5 Å². The largest absolute Gasteiger partial charge is 0.373 e. The Morgan fingerprint density at radius 2 is 1.90 bits per heavy atom. The number of fused-ring (bicyclic) bond motifs is 1. The number of nitrogens with one attached hydrogen (secondary N) is 1. The number of rotatable bonds is 4. The predicted molar refractivity (Wildman–Crippen MR) is 118 cm³/mol. The van der Waals surface area contributed by atoms with Crippen LogP contribution in [0.1, 0.15) is 39.7 Å². The molecular weight excluding hydrogens is 362 g/mol. The fraction of sp³-hybridized carbons (Fsp3) is 0.542. The first kappa shape index (κ1) is 20.2. The van der Waals surface area contributed by atoms with Gasteiger partial charge in [0.1, 0.15) is 0 Å². The van der Waals surface area contributed by atoms with Crippen LogP contribution in [-0.4, -0.2) is 65.1 Å². The Labute approximate surface area is 173 Å². The van der Waals surface area contributed by atoms with E-state index in [9.17, 15) is 4.79 Å². The van der Waals surface area contributed by atoms with E-state index in [2.05, 4.69) is 74.1 Å². The van der Waals surface area contributed by atoms with Gasteiger partial charge < -0.3 is 14.6 Å². The second-order valence-electron chi connectivity index (χ2n) is 8.91. The third-order valence-corrected chi connectivity index (χ3v) is 6.18. The van der Waals surface area contributed by atoms with Gasteiger partial charge in [-0.25, -0.2) is 0 Å². The number of para-hydroxylation sites is 1. The Bertz CT molecular complexity index is 890. The maximum absolute atomic E-state index is 13.5. The number of morpholine rings is 1. The van der Waals surface area contributed by atoms with E-state index < -0.39 is 0 Å². The number of amides is 1. The van der Waals surface area contributed by atoms with Gasteiger partial charge in [-0.1, -0.05) is 38.1 Å². The number of benzene rings is 1. The zero-order valence-corrected chi connectivity index (χ0v) is 18.0. The molecule has 156 valence electrons. The molecular formula is C24H33N3O2. The van der Waals surface area contributed by atoms with Crippen molar-refractivity contribution in [3.8, 4) is 0 Å². The standard InChI is InChI=1S/C24H33N3O2/c1-16(2)23(27-14-17(3)29-18(4)15-27)24(28)26-11-9-19(10-12-26)21-13-25-22-8-6-5-7-20(21)22/h5-9,13,16-18,23,25H,10-12,14-15H2,1-4H3. The third kappa shape index (κ3) is 4.12. The van der Waals surface area contributed by atoms with Gasteiger partial charge in [0.05, 0.1) is 18.2 Å². The molecule has 0 spiro atoms. The first-order valence-corrected chi connectivity index (χ1v) is 10.9. The topological polar surface area (TPSA) is 48.6 Å². The summed E-state index contributed by atoms with van der Waals surface area (Å²) in [5, 5.41) is 1.26. The van der Waals surface area contributed by atoms with Gasteiger partial charge in [0.25, 0.3) is 0 Å². The van der Waals surface area contributed by atoms with Gasteiger partial charge in [-0.05, 0) is 37.8 Å². The second kappa shape index (κ2) is 8.33. The van der Waals surface area contributed by atoms with Gasteiger partial charge in [0, 0.05) is 48.8 Å². The summed E-state index contributed by atoms with van der Waals surface area (Å²) in [4.78, 5) is 21.2. The molecule has 2 aliphatic heterocycles. The number of H-pyrrole nitrogens is 1. The van der Waals surface area contributed by atoms with Crippen molar-refractivity contribution < 1.29 is 9.53 Å². The monoisotopic (exact) mass is 395 g/mol. The van der Waals surface area contributed by atoms with Crippen LogP contribution < -0.4 is 0 Å². The normalized spacial score (nSPS) is 24.7. The van der Waals surface area contributed by atoms with Gasteiger partial charge in [0.2, 0.25) is 5.91 Å². The number of aromatic nitrogens is 1. The Hall–Kier alpha value is -2.11. The van der Waals surface area contributed by atoms with Crippen LogP contribution in [0.2, 0.25) is 0 Å². The fourth-order valence-electron chi connectivity index (χ4n) is 4.95. The van der Waals surface area contributed by atoms with E-state index in [-0.39, 0.29) is 30.1 Å². The molecule has 1 fully saturated rings. The lowest BCUT2D eigenvalue weighted by atomic mass is 9.96. The molecule has 29 heavy (non-hydrogen) atoms. The maximum atomic E-state index is 13.5. The zero-order valence-electron chi connectivity index (χ0n) is 18.0. The highest BCUT2D eigenvalue weighted by atomic mass is 16.5. The molecule has 1 aromatic carbocycles. The van der Waals surface area contributed by atoms with Crippen molar-refractivity contribution in [2.24, 2.45) is 5.92 Å². The summed E-state index contributed by atoms with van der Waals surface area (Å²) in [7, 11) is 0. The summed E-state index contributed by atoms with van der Waals surface area (Å²) in [6.45, 7) is 11.6. The molecule has 0 aliphatic carbocycles. The number of hydrogen-bond acceptors (Lipinski definition) is 3. The van der Waals surface area contributed by atoms with E-state index in [1.54, 1.807) is 0 Å². The van der Waals surface area contributed by atoms with Crippen LogP contribution in [0.3, 0.4) is 0 Å². The van der Waals surface area contributed by atoms with Crippen molar-refractivity contribution >= 4 is 22.4 Å². The van der Waals surface area contributed by atoms with Crippen LogP contribution in [0.4, 0.5) is 0 Å². The number of hydrogen-bond donors (Lipinski definition) is 1. The zero-order chi connectivity index (χ0) is 20.5. The van der Waals surface area contributed by atoms with Crippen molar-refractivity contribution in [1.29, 1.82) is 0 Å². The van der Waals surface area contributed by atoms with Gasteiger partial charge in [-0.2, -0.15) is 0 Å². The van der Waals surface area contributed by atoms with Crippen LogP contribution >= 0.6 is 0 Å². The van der Waals surface area contributed by atoms with E-state index in [4.69, 9.17) is 4.74 Å². The highest BCUT2D eigenvalue weighted by Gasteiger charge is 2.36. The number of nitrogens with zero attached hydrogens (tertiary/aromatic N) is 2. The molecule has 5 heteroatoms. The highest BCUT2D eigenvalue weighted by molar-refractivity contribution is 5.93. The minimum atomic E-state index is -0.0770. The van der Waals surface area contributed by atoms with Gasteiger partial charge in [0.15, 0.2) is 0 Å². The van der Waals surface area contributed by atoms with E-state index in [1.807, 2.05) is 4.90 Å². The number of aromatic amines is 1. The van der Waals surface area contributed by atoms with Crippen molar-refractivity contribution in [2.75, 3.05) is 26.2 Å². The van der Waals surface area contributed by atoms with Crippen LogP contribution in [0, 0.1) is 5.92 Å².